The number of ether oxygens (including phenoxy) is 3. The van der Waals surface area contributed by atoms with E-state index in [1.54, 1.807) is 0 Å². The number of hydrogen-bond acceptors (Lipinski definition) is 11. The number of aliphatic hydroxyl groups excluding tert-OH is 8. The second kappa shape index (κ2) is 7.63. The summed E-state index contributed by atoms with van der Waals surface area (Å²) in [7, 11) is 0. The van der Waals surface area contributed by atoms with Crippen molar-refractivity contribution in [1.29, 1.82) is 0 Å². The van der Waals surface area contributed by atoms with Crippen molar-refractivity contribution in [2.24, 2.45) is 0 Å². The molecular weight excluding hydrogens is 320 g/mol. The summed E-state index contributed by atoms with van der Waals surface area (Å²) in [5.41, 5.74) is 0. The Bertz CT molecular complexity index is 380. The predicted molar refractivity (Wildman–Crippen MR) is 68.6 cm³/mol. The van der Waals surface area contributed by atoms with Crippen LogP contribution in [0.4, 0.5) is 0 Å². The van der Waals surface area contributed by atoms with E-state index >= 15 is 0 Å². The Morgan fingerprint density at radius 2 is 1.57 bits per heavy atom. The van der Waals surface area contributed by atoms with Crippen LogP contribution in [-0.2, 0) is 14.2 Å². The molecule has 11 heteroatoms. The fraction of sp³-hybridized carbons (Fsp3) is 1.00. The van der Waals surface area contributed by atoms with Gasteiger partial charge in [-0.3, -0.25) is 0 Å². The maximum Gasteiger partial charge on any atom is 0.189 e. The molecule has 2 saturated heterocycles. The maximum absolute atomic E-state index is 9.93. The van der Waals surface area contributed by atoms with Crippen molar-refractivity contribution in [2.45, 2.75) is 61.4 Å². The Kier molecular flexibility index (Phi) is 6.27. The number of rotatable bonds is 4. The summed E-state index contributed by atoms with van der Waals surface area (Å²) in [5, 5.41) is 76.6. The second-order valence-corrected chi connectivity index (χ2v) is 5.57. The van der Waals surface area contributed by atoms with Gasteiger partial charge in [-0.1, -0.05) is 0 Å². The van der Waals surface area contributed by atoms with Crippen LogP contribution in [0.5, 0.6) is 0 Å². The third kappa shape index (κ3) is 3.81. The van der Waals surface area contributed by atoms with Crippen molar-refractivity contribution in [3.63, 3.8) is 0 Å². The van der Waals surface area contributed by atoms with Gasteiger partial charge < -0.3 is 55.1 Å². The van der Waals surface area contributed by atoms with Gasteiger partial charge in [0.2, 0.25) is 0 Å². The molecule has 0 aromatic carbocycles. The SMILES string of the molecule is OC[C@H]1OC(OC(O)[C@H]2OC[C@H](O)[C@@H](O)[C@@H]2O)[C@H](O)[C@@H](O)[C@@H]1O. The van der Waals surface area contributed by atoms with Crippen molar-refractivity contribution in [3.05, 3.63) is 0 Å². The van der Waals surface area contributed by atoms with Crippen LogP contribution in [0.3, 0.4) is 0 Å². The molecule has 2 aliphatic rings. The molecular formula is C12H22O11. The molecule has 0 spiro atoms. The van der Waals surface area contributed by atoms with Crippen molar-refractivity contribution >= 4 is 0 Å². The zero-order chi connectivity index (χ0) is 17.3. The molecule has 0 bridgehead atoms. The van der Waals surface area contributed by atoms with E-state index in [0.717, 1.165) is 0 Å². The lowest BCUT2D eigenvalue weighted by Crippen LogP contribution is -2.62. The molecule has 0 aromatic rings. The lowest BCUT2D eigenvalue weighted by Gasteiger charge is -2.42. The van der Waals surface area contributed by atoms with Gasteiger partial charge in [0.1, 0.15) is 48.8 Å². The third-order valence-corrected chi connectivity index (χ3v) is 3.94. The van der Waals surface area contributed by atoms with Gasteiger partial charge in [-0.15, -0.1) is 0 Å². The minimum atomic E-state index is -1.88. The van der Waals surface area contributed by atoms with Gasteiger partial charge in [-0.25, -0.2) is 0 Å². The van der Waals surface area contributed by atoms with E-state index in [9.17, 15) is 35.7 Å². The van der Waals surface area contributed by atoms with E-state index in [2.05, 4.69) is 0 Å². The molecule has 23 heavy (non-hydrogen) atoms. The Morgan fingerprint density at radius 3 is 2.17 bits per heavy atom. The van der Waals surface area contributed by atoms with Crippen LogP contribution in [0.2, 0.25) is 0 Å². The van der Waals surface area contributed by atoms with Crippen molar-refractivity contribution in [2.75, 3.05) is 13.2 Å². The summed E-state index contributed by atoms with van der Waals surface area (Å²) in [5.74, 6) is 0. The summed E-state index contributed by atoms with van der Waals surface area (Å²) in [6.45, 7) is -1.04. The van der Waals surface area contributed by atoms with E-state index in [0.29, 0.717) is 0 Å². The molecule has 0 amide bonds. The van der Waals surface area contributed by atoms with Gasteiger partial charge in [-0.2, -0.15) is 0 Å². The molecule has 2 fully saturated rings. The van der Waals surface area contributed by atoms with E-state index in [1.165, 1.54) is 0 Å². The first-order chi connectivity index (χ1) is 10.8. The fourth-order valence-corrected chi connectivity index (χ4v) is 2.47. The van der Waals surface area contributed by atoms with Crippen LogP contribution in [0, 0.1) is 0 Å². The molecule has 0 saturated carbocycles. The Balaban J connectivity index is 2.00. The average molecular weight is 342 g/mol. The average Bonchev–Trinajstić information content (AvgIpc) is 2.53. The summed E-state index contributed by atoms with van der Waals surface area (Å²) in [4.78, 5) is 0. The largest absolute Gasteiger partial charge is 0.394 e. The summed E-state index contributed by atoms with van der Waals surface area (Å²) < 4.78 is 15.0. The monoisotopic (exact) mass is 342 g/mol. The Morgan fingerprint density at radius 1 is 0.913 bits per heavy atom. The van der Waals surface area contributed by atoms with Crippen LogP contribution < -0.4 is 0 Å². The van der Waals surface area contributed by atoms with Crippen LogP contribution in [0.15, 0.2) is 0 Å². The van der Waals surface area contributed by atoms with Crippen LogP contribution in [0.25, 0.3) is 0 Å². The fourth-order valence-electron chi connectivity index (χ4n) is 2.47. The highest BCUT2D eigenvalue weighted by atomic mass is 16.8. The van der Waals surface area contributed by atoms with Crippen LogP contribution in [0.1, 0.15) is 0 Å². The van der Waals surface area contributed by atoms with Crippen molar-refractivity contribution in [1.82, 2.24) is 0 Å². The van der Waals surface area contributed by atoms with E-state index in [1.807, 2.05) is 0 Å². The number of aliphatic hydroxyl groups is 8. The lowest BCUT2D eigenvalue weighted by atomic mass is 9.98. The smallest absolute Gasteiger partial charge is 0.189 e. The first-order valence-corrected chi connectivity index (χ1v) is 7.07. The highest BCUT2D eigenvalue weighted by Gasteiger charge is 2.47. The van der Waals surface area contributed by atoms with Gasteiger partial charge >= 0.3 is 0 Å². The molecule has 136 valence electrons. The maximum atomic E-state index is 9.93. The highest BCUT2D eigenvalue weighted by molar-refractivity contribution is 4.91. The molecule has 2 unspecified atom stereocenters. The lowest BCUT2D eigenvalue weighted by molar-refractivity contribution is -0.354. The summed E-state index contributed by atoms with van der Waals surface area (Å²) >= 11 is 0. The minimum absolute atomic E-state index is 0.363. The molecule has 2 heterocycles. The summed E-state index contributed by atoms with van der Waals surface area (Å²) in [6, 6.07) is 0. The molecule has 0 radical (unpaired) electrons. The Hall–Kier alpha value is -0.440. The van der Waals surface area contributed by atoms with Gasteiger partial charge in [-0.05, 0) is 0 Å². The molecule has 8 N–H and O–H groups in total. The third-order valence-electron chi connectivity index (χ3n) is 3.94. The predicted octanol–water partition coefficient (Wildman–Crippen LogP) is -5.40. The van der Waals surface area contributed by atoms with Crippen molar-refractivity contribution < 1.29 is 55.1 Å². The molecule has 0 aromatic heterocycles. The molecule has 10 atom stereocenters. The standard InChI is InChI=1S/C12H22O11/c13-1-4-6(16)7(17)9(19)12(22-4)23-11(20)10-8(18)5(15)3(14)2-21-10/h3-20H,1-2H2/t3-,4+,5+,6+,7-,8-,9+,10-,11?,12?/m0/s1. The van der Waals surface area contributed by atoms with Gasteiger partial charge in [0.15, 0.2) is 12.6 Å². The second-order valence-electron chi connectivity index (χ2n) is 5.57. The zero-order valence-electron chi connectivity index (χ0n) is 12.0. The van der Waals surface area contributed by atoms with E-state index < -0.39 is 68.0 Å². The molecule has 0 aliphatic carbocycles. The van der Waals surface area contributed by atoms with E-state index in [-0.39, 0.29) is 6.61 Å². The van der Waals surface area contributed by atoms with Crippen LogP contribution >= 0.6 is 0 Å². The quantitative estimate of drug-likeness (QED) is 0.228. The topological polar surface area (TPSA) is 190 Å². The minimum Gasteiger partial charge on any atom is -0.394 e. The Labute approximate surface area is 130 Å². The summed E-state index contributed by atoms with van der Waals surface area (Å²) in [6.07, 6.45) is -15.8. The highest BCUT2D eigenvalue weighted by Crippen LogP contribution is 2.25. The molecule has 2 aliphatic heterocycles. The van der Waals surface area contributed by atoms with Gasteiger partial charge in [0.05, 0.1) is 13.2 Å². The first-order valence-electron chi connectivity index (χ1n) is 7.07. The van der Waals surface area contributed by atoms with E-state index in [4.69, 9.17) is 19.3 Å². The molecule has 11 nitrogen and oxygen atoms in total. The first kappa shape index (κ1) is 18.9. The molecule has 2 rings (SSSR count). The van der Waals surface area contributed by atoms with Gasteiger partial charge in [0.25, 0.3) is 0 Å². The normalized spacial score (nSPS) is 49.8. The zero-order valence-corrected chi connectivity index (χ0v) is 12.0. The van der Waals surface area contributed by atoms with Crippen molar-refractivity contribution in [3.8, 4) is 0 Å². The number of hydrogen-bond donors (Lipinski definition) is 8. The van der Waals surface area contributed by atoms with Crippen LogP contribution in [-0.4, -0.2) is 115 Å². The van der Waals surface area contributed by atoms with Gasteiger partial charge in [0, 0.05) is 0 Å².